The van der Waals surface area contributed by atoms with Crippen LogP contribution in [0, 0.1) is 0 Å². The predicted molar refractivity (Wildman–Crippen MR) is 170 cm³/mol. The van der Waals surface area contributed by atoms with E-state index >= 15 is 0 Å². The highest BCUT2D eigenvalue weighted by Gasteiger charge is 2.38. The number of amides is 2. The molecular formula is C30H48N6O14. The average Bonchev–Trinajstić information content (AvgIpc) is 3.00. The summed E-state index contributed by atoms with van der Waals surface area (Å²) in [6.07, 6.45) is 4.30. The summed E-state index contributed by atoms with van der Waals surface area (Å²) in [7, 11) is 0. The molecule has 8 N–H and O–H groups in total. The fourth-order valence-electron chi connectivity index (χ4n) is 6.98. The van der Waals surface area contributed by atoms with Crippen molar-refractivity contribution in [3.8, 4) is 0 Å². The number of carbonyl (C=O) groups excluding carboxylic acids is 2. The van der Waals surface area contributed by atoms with E-state index in [1.54, 1.807) is 0 Å². The Morgan fingerprint density at radius 1 is 0.380 bits per heavy atom. The van der Waals surface area contributed by atoms with Crippen LogP contribution in [0.4, 0.5) is 0 Å². The molecule has 2 rings (SSSR count). The van der Waals surface area contributed by atoms with E-state index in [1.165, 1.54) is 19.6 Å². The van der Waals surface area contributed by atoms with Crippen molar-refractivity contribution < 1.29 is 69.0 Å². The number of carboxylic acid groups (broad SMARTS) is 6. The molecule has 0 saturated heterocycles. The molecule has 0 aliphatic heterocycles. The maximum atomic E-state index is 12.9. The van der Waals surface area contributed by atoms with Crippen LogP contribution in [0.3, 0.4) is 0 Å². The number of carbonyl (C=O) groups is 8. The first-order chi connectivity index (χ1) is 23.6. The molecule has 0 aromatic carbocycles. The van der Waals surface area contributed by atoms with E-state index in [0.717, 1.165) is 0 Å². The van der Waals surface area contributed by atoms with Gasteiger partial charge in [-0.15, -0.1) is 0 Å². The highest BCUT2D eigenvalue weighted by atomic mass is 16.4. The molecule has 20 nitrogen and oxygen atoms in total. The van der Waals surface area contributed by atoms with Crippen LogP contribution in [-0.4, -0.2) is 187 Å². The summed E-state index contributed by atoms with van der Waals surface area (Å²) in [5, 5.41) is 61.6. The van der Waals surface area contributed by atoms with Crippen LogP contribution in [0.5, 0.6) is 0 Å². The molecule has 282 valence electrons. The SMILES string of the molecule is O=C(O)CN(CC(=O)O)[C@@H]1CCCC[C@H]1N(CC(=O)O)CC(=O)NCCNC(=O)CN(CC(=O)O)[C@@H]1CCCC[C@H]1N(CC(=O)O)CC(=O)O. The van der Waals surface area contributed by atoms with Gasteiger partial charge in [-0.1, -0.05) is 25.7 Å². The van der Waals surface area contributed by atoms with E-state index in [2.05, 4.69) is 10.6 Å². The molecule has 20 heteroatoms. The molecule has 4 atom stereocenters. The van der Waals surface area contributed by atoms with Crippen molar-refractivity contribution in [3.63, 3.8) is 0 Å². The first-order valence-corrected chi connectivity index (χ1v) is 16.4. The number of hydrogen-bond acceptors (Lipinski definition) is 12. The van der Waals surface area contributed by atoms with Gasteiger partial charge in [-0.3, -0.25) is 58.0 Å². The molecule has 0 heterocycles. The number of hydrogen-bond donors (Lipinski definition) is 8. The normalized spacial score (nSPS) is 20.8. The summed E-state index contributed by atoms with van der Waals surface area (Å²) in [5.74, 6) is -8.66. The molecule has 0 radical (unpaired) electrons. The number of rotatable bonds is 23. The standard InChI is InChI=1S/C30H48N6O14/c37-23(11-33(13-25(39)40)19-5-1-3-7-21(19)35(15-27(43)44)16-28(45)46)31-9-10-32-24(38)12-34(14-26(41)42)20-6-2-4-8-22(20)36(17-29(47)48)18-30(49)50/h19-22H,1-18H2,(H,31,37)(H,32,38)(H,39,40)(H,41,42)(H,43,44)(H,45,46)(H,47,48)(H,49,50)/t19-,20-,21-,22-/m1/s1. The second kappa shape index (κ2) is 21.0. The summed E-state index contributed by atoms with van der Waals surface area (Å²) in [4.78, 5) is 100. The second-order valence-electron chi connectivity index (χ2n) is 12.5. The van der Waals surface area contributed by atoms with Gasteiger partial charge in [0.2, 0.25) is 11.8 Å². The van der Waals surface area contributed by atoms with Crippen LogP contribution < -0.4 is 10.6 Å². The highest BCUT2D eigenvalue weighted by Crippen LogP contribution is 2.28. The van der Waals surface area contributed by atoms with Crippen molar-refractivity contribution in [1.29, 1.82) is 0 Å². The molecule has 0 spiro atoms. The molecule has 0 bridgehead atoms. The summed E-state index contributed by atoms with van der Waals surface area (Å²) < 4.78 is 0. The zero-order valence-electron chi connectivity index (χ0n) is 27.8. The van der Waals surface area contributed by atoms with E-state index in [9.17, 15) is 69.0 Å². The highest BCUT2D eigenvalue weighted by molar-refractivity contribution is 5.80. The smallest absolute Gasteiger partial charge is 0.317 e. The van der Waals surface area contributed by atoms with Crippen molar-refractivity contribution in [3.05, 3.63) is 0 Å². The van der Waals surface area contributed by atoms with Crippen molar-refractivity contribution in [2.45, 2.75) is 75.5 Å². The fraction of sp³-hybridized carbons (Fsp3) is 0.733. The summed E-state index contributed by atoms with van der Waals surface area (Å²) in [5.41, 5.74) is 0. The van der Waals surface area contributed by atoms with E-state index in [-0.39, 0.29) is 13.1 Å². The number of aliphatic carboxylic acids is 6. The van der Waals surface area contributed by atoms with Crippen LogP contribution in [0.25, 0.3) is 0 Å². The first kappa shape index (κ1) is 41.8. The summed E-state index contributed by atoms with van der Waals surface area (Å²) in [6.45, 7) is -4.37. The number of carboxylic acids is 6. The van der Waals surface area contributed by atoms with Gasteiger partial charge in [0.25, 0.3) is 0 Å². The van der Waals surface area contributed by atoms with Gasteiger partial charge < -0.3 is 41.3 Å². The zero-order chi connectivity index (χ0) is 37.4. The van der Waals surface area contributed by atoms with Gasteiger partial charge in [0, 0.05) is 37.3 Å². The molecular weight excluding hydrogens is 668 g/mol. The van der Waals surface area contributed by atoms with Crippen molar-refractivity contribution in [1.82, 2.24) is 30.2 Å². The largest absolute Gasteiger partial charge is 0.480 e. The van der Waals surface area contributed by atoms with Crippen LogP contribution in [-0.2, 0) is 38.4 Å². The Labute approximate surface area is 288 Å². The lowest BCUT2D eigenvalue weighted by molar-refractivity contribution is -0.147. The van der Waals surface area contributed by atoms with Gasteiger partial charge in [-0.2, -0.15) is 0 Å². The third-order valence-corrected chi connectivity index (χ3v) is 8.76. The maximum absolute atomic E-state index is 12.9. The minimum atomic E-state index is -1.25. The molecule has 0 aromatic rings. The summed E-state index contributed by atoms with van der Waals surface area (Å²) in [6, 6.07) is -2.48. The Bertz CT molecular complexity index is 1110. The van der Waals surface area contributed by atoms with Gasteiger partial charge in [-0.05, 0) is 25.7 Å². The molecule has 2 amide bonds. The van der Waals surface area contributed by atoms with Gasteiger partial charge >= 0.3 is 35.8 Å². The van der Waals surface area contributed by atoms with Gasteiger partial charge in [0.1, 0.15) is 0 Å². The quantitative estimate of drug-likeness (QED) is 0.0509. The third-order valence-electron chi connectivity index (χ3n) is 8.76. The first-order valence-electron chi connectivity index (χ1n) is 16.4. The number of nitrogens with zero attached hydrogens (tertiary/aromatic N) is 4. The molecule has 2 aliphatic carbocycles. The molecule has 2 fully saturated rings. The minimum Gasteiger partial charge on any atom is -0.480 e. The summed E-state index contributed by atoms with van der Waals surface area (Å²) >= 11 is 0. The molecule has 2 aliphatic rings. The average molecular weight is 717 g/mol. The Balaban J connectivity index is 2.03. The lowest BCUT2D eigenvalue weighted by Crippen LogP contribution is -2.58. The fourth-order valence-corrected chi connectivity index (χ4v) is 6.98. The molecule has 2 saturated carbocycles. The van der Waals surface area contributed by atoms with E-state index in [1.807, 2.05) is 0 Å². The molecule has 0 aromatic heterocycles. The van der Waals surface area contributed by atoms with E-state index < -0.39 is 124 Å². The van der Waals surface area contributed by atoms with Crippen molar-refractivity contribution in [2.24, 2.45) is 0 Å². The Morgan fingerprint density at radius 3 is 0.780 bits per heavy atom. The monoisotopic (exact) mass is 716 g/mol. The van der Waals surface area contributed by atoms with Gasteiger partial charge in [0.05, 0.1) is 52.4 Å². The Kier molecular flexibility index (Phi) is 17.5. The van der Waals surface area contributed by atoms with Crippen LogP contribution >= 0.6 is 0 Å². The van der Waals surface area contributed by atoms with Crippen molar-refractivity contribution in [2.75, 3.05) is 65.4 Å². The predicted octanol–water partition coefficient (Wildman–Crippen LogP) is -2.44. The number of nitrogens with one attached hydrogen (secondary N) is 2. The van der Waals surface area contributed by atoms with Gasteiger partial charge in [0.15, 0.2) is 0 Å². The van der Waals surface area contributed by atoms with E-state index in [4.69, 9.17) is 0 Å². The van der Waals surface area contributed by atoms with Crippen LogP contribution in [0.15, 0.2) is 0 Å². The second-order valence-corrected chi connectivity index (χ2v) is 12.5. The molecule has 50 heavy (non-hydrogen) atoms. The topological polar surface area (TPSA) is 295 Å². The zero-order valence-corrected chi connectivity index (χ0v) is 27.8. The lowest BCUT2D eigenvalue weighted by atomic mass is 9.87. The van der Waals surface area contributed by atoms with Gasteiger partial charge in [-0.25, -0.2) is 0 Å². The maximum Gasteiger partial charge on any atom is 0.317 e. The van der Waals surface area contributed by atoms with Crippen LogP contribution in [0.1, 0.15) is 51.4 Å². The van der Waals surface area contributed by atoms with E-state index in [0.29, 0.717) is 51.4 Å². The molecule has 0 unspecified atom stereocenters. The Morgan fingerprint density at radius 2 is 0.580 bits per heavy atom. The third kappa shape index (κ3) is 15.0. The Hall–Kier alpha value is -4.40. The van der Waals surface area contributed by atoms with Crippen LogP contribution in [0.2, 0.25) is 0 Å². The lowest BCUT2D eigenvalue weighted by Gasteiger charge is -2.43. The van der Waals surface area contributed by atoms with Crippen molar-refractivity contribution >= 4 is 47.6 Å². The minimum absolute atomic E-state index is 0.0836.